The van der Waals surface area contributed by atoms with Crippen LogP contribution in [0.3, 0.4) is 0 Å². The van der Waals surface area contributed by atoms with Crippen LogP contribution in [0.4, 0.5) is 10.2 Å². The summed E-state index contributed by atoms with van der Waals surface area (Å²) < 4.78 is 18.1. The summed E-state index contributed by atoms with van der Waals surface area (Å²) in [6, 6.07) is 3.19. The van der Waals surface area contributed by atoms with Crippen molar-refractivity contribution in [2.75, 3.05) is 11.9 Å². The molecule has 5 heteroatoms. The Hall–Kier alpha value is -1.91. The molecule has 0 unspecified atom stereocenters. The van der Waals surface area contributed by atoms with Gasteiger partial charge >= 0.3 is 0 Å². The third-order valence-electron chi connectivity index (χ3n) is 2.38. The quantitative estimate of drug-likeness (QED) is 0.745. The molecule has 0 saturated carbocycles. The molecular weight excluding hydrogens is 209 g/mol. The number of nitrogens with zero attached hydrogens (tertiary/aromatic N) is 3. The second-order valence-corrected chi connectivity index (χ2v) is 3.56. The average Bonchev–Trinajstić information content (AvgIpc) is 2.64. The lowest BCUT2D eigenvalue weighted by Gasteiger charge is -2.17. The Morgan fingerprint density at radius 1 is 1.44 bits per heavy atom. The molecule has 2 rings (SSSR count). The van der Waals surface area contributed by atoms with Crippen LogP contribution in [0, 0.1) is 12.9 Å². The highest BCUT2D eigenvalue weighted by atomic mass is 19.1. The number of anilines is 1. The normalized spacial score (nSPS) is 10.4. The van der Waals surface area contributed by atoms with Crippen LogP contribution in [0.5, 0.6) is 0 Å². The minimum atomic E-state index is -0.527. The highest BCUT2D eigenvalue weighted by molar-refractivity contribution is 5.37. The van der Waals surface area contributed by atoms with E-state index in [2.05, 4.69) is 9.97 Å². The van der Waals surface area contributed by atoms with Gasteiger partial charge in [0, 0.05) is 25.2 Å². The van der Waals surface area contributed by atoms with Crippen molar-refractivity contribution < 1.29 is 8.81 Å². The van der Waals surface area contributed by atoms with Crippen LogP contribution < -0.4 is 4.90 Å². The predicted octanol–water partition coefficient (Wildman–Crippen LogP) is 2.15. The number of aryl methyl sites for hydroxylation is 1. The van der Waals surface area contributed by atoms with Crippen LogP contribution in [0.25, 0.3) is 0 Å². The summed E-state index contributed by atoms with van der Waals surface area (Å²) in [7, 11) is 1.84. The van der Waals surface area contributed by atoms with Gasteiger partial charge in [-0.1, -0.05) is 0 Å². The van der Waals surface area contributed by atoms with E-state index in [9.17, 15) is 4.39 Å². The molecular formula is C11H12FN3O. The van der Waals surface area contributed by atoms with E-state index in [-0.39, 0.29) is 0 Å². The molecule has 0 saturated heterocycles. The van der Waals surface area contributed by atoms with E-state index in [1.54, 1.807) is 6.26 Å². The third kappa shape index (κ3) is 2.18. The largest absolute Gasteiger partial charge is 0.469 e. The van der Waals surface area contributed by atoms with Crippen LogP contribution in [-0.4, -0.2) is 17.0 Å². The Morgan fingerprint density at radius 2 is 2.25 bits per heavy atom. The van der Waals surface area contributed by atoms with Crippen LogP contribution in [0.2, 0.25) is 0 Å². The van der Waals surface area contributed by atoms with E-state index in [1.807, 2.05) is 24.9 Å². The van der Waals surface area contributed by atoms with Gasteiger partial charge in [0.2, 0.25) is 5.95 Å². The molecule has 0 amide bonds. The second kappa shape index (κ2) is 4.30. The first kappa shape index (κ1) is 10.6. The summed E-state index contributed by atoms with van der Waals surface area (Å²) in [5.41, 5.74) is 1.06. The summed E-state index contributed by atoms with van der Waals surface area (Å²) >= 11 is 0. The molecule has 2 aromatic heterocycles. The number of furan rings is 1. The molecule has 0 aliphatic carbocycles. The number of aromatic nitrogens is 2. The van der Waals surface area contributed by atoms with Crippen molar-refractivity contribution in [2.24, 2.45) is 0 Å². The zero-order chi connectivity index (χ0) is 11.5. The van der Waals surface area contributed by atoms with Crippen LogP contribution >= 0.6 is 0 Å². The summed E-state index contributed by atoms with van der Waals surface area (Å²) in [5, 5.41) is 0. The van der Waals surface area contributed by atoms with E-state index >= 15 is 0 Å². The predicted molar refractivity (Wildman–Crippen MR) is 57.5 cm³/mol. The lowest BCUT2D eigenvalue weighted by molar-refractivity contribution is 0.529. The smallest absolute Gasteiger partial charge is 0.218 e. The number of halogens is 1. The molecule has 2 aromatic rings. The van der Waals surface area contributed by atoms with E-state index < -0.39 is 5.95 Å². The summed E-state index contributed by atoms with van der Waals surface area (Å²) in [6.45, 7) is 2.52. The number of hydrogen-bond donors (Lipinski definition) is 0. The minimum Gasteiger partial charge on any atom is -0.469 e. The van der Waals surface area contributed by atoms with Gasteiger partial charge in [-0.2, -0.15) is 4.39 Å². The second-order valence-electron chi connectivity index (χ2n) is 3.56. The highest BCUT2D eigenvalue weighted by Gasteiger charge is 2.08. The van der Waals surface area contributed by atoms with Crippen molar-refractivity contribution in [1.29, 1.82) is 0 Å². The zero-order valence-corrected chi connectivity index (χ0v) is 9.14. The fourth-order valence-electron chi connectivity index (χ4n) is 1.44. The molecule has 4 nitrogen and oxygen atoms in total. The van der Waals surface area contributed by atoms with Crippen molar-refractivity contribution >= 4 is 5.82 Å². The molecule has 0 radical (unpaired) electrons. The summed E-state index contributed by atoms with van der Waals surface area (Å²) in [4.78, 5) is 9.24. The van der Waals surface area contributed by atoms with E-state index in [4.69, 9.17) is 4.42 Å². The van der Waals surface area contributed by atoms with Gasteiger partial charge in [0.05, 0.1) is 6.26 Å². The molecule has 0 aliphatic heterocycles. The third-order valence-corrected chi connectivity index (χ3v) is 2.38. The molecule has 0 bridgehead atoms. The van der Waals surface area contributed by atoms with Crippen LogP contribution in [0.1, 0.15) is 11.3 Å². The zero-order valence-electron chi connectivity index (χ0n) is 9.14. The molecule has 16 heavy (non-hydrogen) atoms. The number of hydrogen-bond acceptors (Lipinski definition) is 4. The maximum absolute atomic E-state index is 12.9. The van der Waals surface area contributed by atoms with Gasteiger partial charge < -0.3 is 9.32 Å². The molecule has 84 valence electrons. The molecule has 0 aromatic carbocycles. The topological polar surface area (TPSA) is 42.2 Å². The summed E-state index contributed by atoms with van der Waals surface area (Å²) in [5.74, 6) is 0.884. The fraction of sp³-hybridized carbons (Fsp3) is 0.273. The minimum absolute atomic E-state index is 0.527. The van der Waals surface area contributed by atoms with Gasteiger partial charge in [-0.3, -0.25) is 0 Å². The molecule has 0 N–H and O–H groups in total. The maximum atomic E-state index is 12.9. The van der Waals surface area contributed by atoms with Crippen LogP contribution in [0.15, 0.2) is 29.1 Å². The van der Waals surface area contributed by atoms with E-state index in [0.717, 1.165) is 11.3 Å². The fourth-order valence-corrected chi connectivity index (χ4v) is 1.44. The first-order valence-corrected chi connectivity index (χ1v) is 4.88. The van der Waals surface area contributed by atoms with Crippen molar-refractivity contribution in [3.05, 3.63) is 42.0 Å². The summed E-state index contributed by atoms with van der Waals surface area (Å²) in [6.07, 6.45) is 2.85. The molecule has 0 fully saturated rings. The first-order valence-electron chi connectivity index (χ1n) is 4.88. The van der Waals surface area contributed by atoms with Crippen molar-refractivity contribution in [3.8, 4) is 0 Å². The molecule has 2 heterocycles. The number of rotatable bonds is 3. The van der Waals surface area contributed by atoms with Gasteiger partial charge in [-0.15, -0.1) is 0 Å². The van der Waals surface area contributed by atoms with Crippen LogP contribution in [-0.2, 0) is 6.54 Å². The van der Waals surface area contributed by atoms with Gasteiger partial charge in [-0.25, -0.2) is 9.97 Å². The van der Waals surface area contributed by atoms with E-state index in [1.165, 1.54) is 12.4 Å². The Morgan fingerprint density at radius 3 is 2.88 bits per heavy atom. The van der Waals surface area contributed by atoms with Gasteiger partial charge in [0.25, 0.3) is 0 Å². The Balaban J connectivity index is 2.14. The van der Waals surface area contributed by atoms with Crippen molar-refractivity contribution in [3.63, 3.8) is 0 Å². The van der Waals surface area contributed by atoms with Gasteiger partial charge in [-0.05, 0) is 13.0 Å². The standard InChI is InChI=1S/C11H12FN3O/c1-8-9(3-4-16-8)6-15(2)11-5-10(12)13-7-14-11/h3-5,7H,6H2,1-2H3. The Labute approximate surface area is 92.7 Å². The average molecular weight is 221 g/mol. The molecule has 0 aliphatic rings. The van der Waals surface area contributed by atoms with E-state index in [0.29, 0.717) is 12.4 Å². The Bertz CT molecular complexity index is 484. The SMILES string of the molecule is Cc1occc1CN(C)c1cc(F)ncn1. The van der Waals surface area contributed by atoms with Crippen molar-refractivity contribution in [1.82, 2.24) is 9.97 Å². The first-order chi connectivity index (χ1) is 7.66. The molecule has 0 spiro atoms. The lowest BCUT2D eigenvalue weighted by atomic mass is 10.2. The highest BCUT2D eigenvalue weighted by Crippen LogP contribution is 2.15. The van der Waals surface area contributed by atoms with Crippen molar-refractivity contribution in [2.45, 2.75) is 13.5 Å². The van der Waals surface area contributed by atoms with Gasteiger partial charge in [0.1, 0.15) is 17.9 Å². The lowest BCUT2D eigenvalue weighted by Crippen LogP contribution is -2.18. The van der Waals surface area contributed by atoms with Gasteiger partial charge in [0.15, 0.2) is 0 Å². The monoisotopic (exact) mass is 221 g/mol. The Kier molecular flexibility index (Phi) is 2.85. The maximum Gasteiger partial charge on any atom is 0.218 e. The molecule has 0 atom stereocenters.